The number of aromatic amines is 1. The lowest BCUT2D eigenvalue weighted by atomic mass is 10.0. The van der Waals surface area contributed by atoms with Gasteiger partial charge in [0.25, 0.3) is 0 Å². The molecule has 0 saturated heterocycles. The molecule has 1 aromatic heterocycles. The second-order valence-electron chi connectivity index (χ2n) is 7.86. The normalized spacial score (nSPS) is 13.7. The highest BCUT2D eigenvalue weighted by atomic mass is 16.4. The Labute approximate surface area is 191 Å². The molecule has 33 heavy (non-hydrogen) atoms. The number of benzene rings is 1. The molecule has 0 spiro atoms. The van der Waals surface area contributed by atoms with Crippen molar-refractivity contribution in [3.8, 4) is 0 Å². The number of H-pyrrole nitrogens is 1. The summed E-state index contributed by atoms with van der Waals surface area (Å²) >= 11 is 0. The average molecular weight is 461 g/mol. The lowest BCUT2D eigenvalue weighted by Gasteiger charge is -2.18. The molecule has 0 radical (unpaired) electrons. The second kappa shape index (κ2) is 12.6. The quantitative estimate of drug-likeness (QED) is 0.193. The molecule has 0 bridgehead atoms. The van der Waals surface area contributed by atoms with Crippen molar-refractivity contribution in [2.75, 3.05) is 13.1 Å². The van der Waals surface area contributed by atoms with Gasteiger partial charge in [0.15, 0.2) is 0 Å². The largest absolute Gasteiger partial charge is 0.480 e. The number of para-hydroxylation sites is 1. The van der Waals surface area contributed by atoms with Crippen molar-refractivity contribution in [2.45, 2.75) is 50.7 Å². The van der Waals surface area contributed by atoms with E-state index < -0.39 is 48.4 Å². The van der Waals surface area contributed by atoms with Crippen LogP contribution in [-0.2, 0) is 25.6 Å². The zero-order valence-corrected chi connectivity index (χ0v) is 18.6. The van der Waals surface area contributed by atoms with E-state index in [0.29, 0.717) is 19.4 Å². The fourth-order valence-electron chi connectivity index (χ4n) is 3.33. The highest BCUT2D eigenvalue weighted by Gasteiger charge is 2.23. The molecular formula is C22H32N6O5. The molecule has 0 aliphatic heterocycles. The van der Waals surface area contributed by atoms with E-state index in [0.717, 1.165) is 16.5 Å². The maximum Gasteiger partial charge on any atom is 0.326 e. The fraction of sp³-hybridized carbons (Fsp3) is 0.455. The summed E-state index contributed by atoms with van der Waals surface area (Å²) in [6, 6.07) is 4.80. The van der Waals surface area contributed by atoms with E-state index in [-0.39, 0.29) is 12.8 Å². The molecule has 2 aromatic rings. The van der Waals surface area contributed by atoms with Crippen molar-refractivity contribution in [3.63, 3.8) is 0 Å². The van der Waals surface area contributed by atoms with Crippen molar-refractivity contribution >= 4 is 34.6 Å². The van der Waals surface area contributed by atoms with Crippen LogP contribution in [0.15, 0.2) is 30.5 Å². The van der Waals surface area contributed by atoms with Gasteiger partial charge in [-0.25, -0.2) is 4.79 Å². The molecule has 0 aliphatic rings. The summed E-state index contributed by atoms with van der Waals surface area (Å²) in [5.74, 6) is -2.89. The first-order chi connectivity index (χ1) is 15.7. The van der Waals surface area contributed by atoms with Crippen LogP contribution < -0.4 is 27.4 Å². The topological polar surface area (TPSA) is 192 Å². The third-order valence-corrected chi connectivity index (χ3v) is 5.21. The minimum atomic E-state index is -1.16. The summed E-state index contributed by atoms with van der Waals surface area (Å²) in [6.07, 6.45) is 3.53. The van der Waals surface area contributed by atoms with Crippen LogP contribution in [0.25, 0.3) is 10.9 Å². The van der Waals surface area contributed by atoms with Crippen LogP contribution in [0.4, 0.5) is 0 Å². The van der Waals surface area contributed by atoms with Crippen molar-refractivity contribution in [2.24, 2.45) is 11.5 Å². The van der Waals surface area contributed by atoms with E-state index in [9.17, 15) is 24.3 Å². The standard InChI is InChI=1S/C22H32N6O5/c1-13(20(30)26-12-19(29)28-18(22(32)33)8-4-5-9-23)27-21(31)16(24)10-14-11-25-17-7-3-2-6-15(14)17/h2-3,6-7,11,13,16,18,25H,4-5,8-10,12,23-24H2,1H3,(H,26,30)(H,27,31)(H,28,29)(H,32,33). The van der Waals surface area contributed by atoms with Crippen molar-refractivity contribution in [3.05, 3.63) is 36.0 Å². The molecule has 9 N–H and O–H groups in total. The summed E-state index contributed by atoms with van der Waals surface area (Å²) in [7, 11) is 0. The van der Waals surface area contributed by atoms with Crippen LogP contribution in [0, 0.1) is 0 Å². The van der Waals surface area contributed by atoms with Gasteiger partial charge in [0.2, 0.25) is 17.7 Å². The van der Waals surface area contributed by atoms with E-state index in [1.54, 1.807) is 6.20 Å². The maximum atomic E-state index is 12.4. The highest BCUT2D eigenvalue weighted by molar-refractivity contribution is 5.92. The van der Waals surface area contributed by atoms with Gasteiger partial charge in [0, 0.05) is 17.1 Å². The molecule has 3 unspecified atom stereocenters. The molecule has 2 rings (SSSR count). The zero-order chi connectivity index (χ0) is 24.4. The molecule has 1 heterocycles. The molecule has 3 atom stereocenters. The number of unbranched alkanes of at least 4 members (excludes halogenated alkanes) is 1. The number of carbonyl (C=O) groups excluding carboxylic acids is 3. The second-order valence-corrected chi connectivity index (χ2v) is 7.86. The Morgan fingerprint density at radius 3 is 2.52 bits per heavy atom. The van der Waals surface area contributed by atoms with Crippen molar-refractivity contribution in [1.82, 2.24) is 20.9 Å². The molecule has 1 aromatic carbocycles. The smallest absolute Gasteiger partial charge is 0.326 e. The Balaban J connectivity index is 1.78. The van der Waals surface area contributed by atoms with Gasteiger partial charge in [-0.15, -0.1) is 0 Å². The van der Waals surface area contributed by atoms with E-state index >= 15 is 0 Å². The fourth-order valence-corrected chi connectivity index (χ4v) is 3.33. The van der Waals surface area contributed by atoms with E-state index in [2.05, 4.69) is 20.9 Å². The van der Waals surface area contributed by atoms with Gasteiger partial charge in [0.05, 0.1) is 12.6 Å². The number of nitrogens with two attached hydrogens (primary N) is 2. The molecule has 11 nitrogen and oxygen atoms in total. The third kappa shape index (κ3) is 7.88. The van der Waals surface area contributed by atoms with E-state index in [1.165, 1.54) is 6.92 Å². The number of nitrogens with one attached hydrogen (secondary N) is 4. The first kappa shape index (κ1) is 25.8. The monoisotopic (exact) mass is 460 g/mol. The van der Waals surface area contributed by atoms with Gasteiger partial charge >= 0.3 is 5.97 Å². The molecule has 11 heteroatoms. The molecular weight excluding hydrogens is 428 g/mol. The Hall–Kier alpha value is -3.44. The highest BCUT2D eigenvalue weighted by Crippen LogP contribution is 2.18. The van der Waals surface area contributed by atoms with Gasteiger partial charge in [-0.05, 0) is 50.8 Å². The number of carboxylic acids is 1. The average Bonchev–Trinajstić information content (AvgIpc) is 3.19. The molecule has 0 aliphatic carbocycles. The van der Waals surface area contributed by atoms with Crippen LogP contribution in [-0.4, -0.2) is 65.0 Å². The van der Waals surface area contributed by atoms with Gasteiger partial charge in [-0.3, -0.25) is 14.4 Å². The lowest BCUT2D eigenvalue weighted by Crippen LogP contribution is -2.52. The van der Waals surface area contributed by atoms with E-state index in [4.69, 9.17) is 11.5 Å². The summed E-state index contributed by atoms with van der Waals surface area (Å²) in [4.78, 5) is 51.1. The number of amides is 3. The number of carbonyl (C=O) groups is 4. The van der Waals surface area contributed by atoms with E-state index in [1.807, 2.05) is 24.3 Å². The van der Waals surface area contributed by atoms with Crippen molar-refractivity contribution in [1.29, 1.82) is 0 Å². The first-order valence-electron chi connectivity index (χ1n) is 10.8. The minimum Gasteiger partial charge on any atom is -0.480 e. The van der Waals surface area contributed by atoms with Crippen LogP contribution in [0.2, 0.25) is 0 Å². The Kier molecular flexibility index (Phi) is 9.83. The number of hydrogen-bond donors (Lipinski definition) is 7. The summed E-state index contributed by atoms with van der Waals surface area (Å²) in [5.41, 5.74) is 13.2. The first-order valence-corrected chi connectivity index (χ1v) is 10.8. The number of aliphatic carboxylic acids is 1. The molecule has 3 amide bonds. The number of rotatable bonds is 13. The number of hydrogen-bond acceptors (Lipinski definition) is 6. The number of aromatic nitrogens is 1. The predicted octanol–water partition coefficient (Wildman–Crippen LogP) is -0.643. The summed E-state index contributed by atoms with van der Waals surface area (Å²) < 4.78 is 0. The third-order valence-electron chi connectivity index (χ3n) is 5.21. The number of fused-ring (bicyclic) bond motifs is 1. The summed E-state index contributed by atoms with van der Waals surface area (Å²) in [5, 5.41) is 17.4. The molecule has 0 saturated carbocycles. The molecule has 180 valence electrons. The molecule has 0 fully saturated rings. The Bertz CT molecular complexity index is 975. The summed E-state index contributed by atoms with van der Waals surface area (Å²) in [6.45, 7) is 1.49. The van der Waals surface area contributed by atoms with Crippen molar-refractivity contribution < 1.29 is 24.3 Å². The van der Waals surface area contributed by atoms with Crippen LogP contribution >= 0.6 is 0 Å². The predicted molar refractivity (Wildman–Crippen MR) is 123 cm³/mol. The van der Waals surface area contributed by atoms with Gasteiger partial charge in [0.1, 0.15) is 12.1 Å². The lowest BCUT2D eigenvalue weighted by molar-refractivity contribution is -0.142. The van der Waals surface area contributed by atoms with Gasteiger partial charge < -0.3 is 37.5 Å². The number of carboxylic acid groups (broad SMARTS) is 1. The van der Waals surface area contributed by atoms with Crippen LogP contribution in [0.5, 0.6) is 0 Å². The van der Waals surface area contributed by atoms with Crippen LogP contribution in [0.1, 0.15) is 31.7 Å². The SMILES string of the molecule is CC(NC(=O)C(N)Cc1c[nH]c2ccccc12)C(=O)NCC(=O)NC(CCCCN)C(=O)O. The Morgan fingerprint density at radius 2 is 1.82 bits per heavy atom. The minimum absolute atomic E-state index is 0.243. The maximum absolute atomic E-state index is 12.4. The van der Waals surface area contributed by atoms with Crippen LogP contribution in [0.3, 0.4) is 0 Å². The Morgan fingerprint density at radius 1 is 1.09 bits per heavy atom. The van der Waals surface area contributed by atoms with Gasteiger partial charge in [-0.1, -0.05) is 18.2 Å². The zero-order valence-electron chi connectivity index (χ0n) is 18.6. The van der Waals surface area contributed by atoms with Gasteiger partial charge in [-0.2, -0.15) is 0 Å².